The quantitative estimate of drug-likeness (QED) is 0.879. The predicted octanol–water partition coefficient (Wildman–Crippen LogP) is 4.10. The number of nitrogens with one attached hydrogen (secondary N) is 1. The van der Waals surface area contributed by atoms with E-state index in [1.165, 1.54) is 5.69 Å². The molecule has 0 bridgehead atoms. The fourth-order valence-corrected chi connectivity index (χ4v) is 3.24. The number of anilines is 2. The third kappa shape index (κ3) is 4.23. The van der Waals surface area contributed by atoms with Gasteiger partial charge in [0.15, 0.2) is 0 Å². The summed E-state index contributed by atoms with van der Waals surface area (Å²) in [5, 5.41) is 3.61. The van der Waals surface area contributed by atoms with Crippen LogP contribution in [0.4, 0.5) is 16.2 Å². The molecule has 25 heavy (non-hydrogen) atoms. The van der Waals surface area contributed by atoms with E-state index in [9.17, 15) is 4.79 Å². The number of amides is 2. The first-order valence-corrected chi connectivity index (χ1v) is 8.90. The number of halogens is 1. The number of pyridine rings is 1. The lowest BCUT2D eigenvalue weighted by atomic mass is 10.2. The van der Waals surface area contributed by atoms with Crippen molar-refractivity contribution in [2.45, 2.75) is 20.3 Å². The summed E-state index contributed by atoms with van der Waals surface area (Å²) in [6, 6.07) is 7.55. The van der Waals surface area contributed by atoms with Crippen LogP contribution in [0, 0.1) is 13.8 Å². The first-order chi connectivity index (χ1) is 12.0. The van der Waals surface area contributed by atoms with Crippen LogP contribution in [0.5, 0.6) is 0 Å². The predicted molar refractivity (Wildman–Crippen MR) is 103 cm³/mol. The van der Waals surface area contributed by atoms with Crippen LogP contribution in [-0.4, -0.2) is 42.1 Å². The van der Waals surface area contributed by atoms with Gasteiger partial charge in [-0.25, -0.2) is 4.79 Å². The van der Waals surface area contributed by atoms with Gasteiger partial charge in [-0.05, 0) is 49.6 Å². The first-order valence-electron chi connectivity index (χ1n) is 8.52. The van der Waals surface area contributed by atoms with Gasteiger partial charge < -0.3 is 15.1 Å². The van der Waals surface area contributed by atoms with Gasteiger partial charge in [-0.15, -0.1) is 0 Å². The van der Waals surface area contributed by atoms with Crippen LogP contribution in [0.25, 0.3) is 0 Å². The van der Waals surface area contributed by atoms with Crippen LogP contribution in [0.2, 0.25) is 5.02 Å². The second-order valence-corrected chi connectivity index (χ2v) is 6.79. The van der Waals surface area contributed by atoms with Crippen molar-refractivity contribution in [3.05, 3.63) is 52.8 Å². The Morgan fingerprint density at radius 3 is 2.72 bits per heavy atom. The summed E-state index contributed by atoms with van der Waals surface area (Å²) < 4.78 is 0. The molecule has 0 spiro atoms. The number of hydrogen-bond donors (Lipinski definition) is 1. The Balaban J connectivity index is 1.63. The van der Waals surface area contributed by atoms with Gasteiger partial charge in [0.05, 0.1) is 0 Å². The maximum atomic E-state index is 12.6. The smallest absolute Gasteiger partial charge is 0.321 e. The van der Waals surface area contributed by atoms with Crippen molar-refractivity contribution in [1.82, 2.24) is 9.88 Å². The molecule has 1 aliphatic rings. The molecule has 3 rings (SSSR count). The second-order valence-electron chi connectivity index (χ2n) is 6.38. The molecule has 1 aromatic heterocycles. The van der Waals surface area contributed by atoms with Crippen molar-refractivity contribution in [1.29, 1.82) is 0 Å². The van der Waals surface area contributed by atoms with E-state index in [2.05, 4.69) is 22.1 Å². The summed E-state index contributed by atoms with van der Waals surface area (Å²) in [6.07, 6.45) is 4.63. The van der Waals surface area contributed by atoms with Crippen LogP contribution >= 0.6 is 11.6 Å². The molecule has 2 aromatic rings. The highest BCUT2D eigenvalue weighted by atomic mass is 35.5. The highest BCUT2D eigenvalue weighted by molar-refractivity contribution is 6.31. The molecule has 1 saturated heterocycles. The van der Waals surface area contributed by atoms with Gasteiger partial charge in [-0.1, -0.05) is 17.7 Å². The van der Waals surface area contributed by atoms with Gasteiger partial charge in [-0.2, -0.15) is 0 Å². The molecule has 0 radical (unpaired) electrons. The van der Waals surface area contributed by atoms with Gasteiger partial charge in [0.1, 0.15) is 0 Å². The number of carbonyl (C=O) groups excluding carboxylic acids is 1. The number of benzene rings is 1. The van der Waals surface area contributed by atoms with Gasteiger partial charge in [0.2, 0.25) is 0 Å². The Labute approximate surface area is 153 Å². The van der Waals surface area contributed by atoms with E-state index >= 15 is 0 Å². The number of aryl methyl sites for hydroxylation is 2. The third-order valence-electron chi connectivity index (χ3n) is 4.54. The number of nitrogens with zero attached hydrogens (tertiary/aromatic N) is 3. The minimum absolute atomic E-state index is 0.0757. The molecule has 0 aliphatic carbocycles. The van der Waals surface area contributed by atoms with Crippen molar-refractivity contribution in [2.75, 3.05) is 36.4 Å². The first kappa shape index (κ1) is 17.5. The van der Waals surface area contributed by atoms with Crippen LogP contribution < -0.4 is 10.2 Å². The lowest BCUT2D eigenvalue weighted by molar-refractivity contribution is 0.215. The Morgan fingerprint density at radius 2 is 1.96 bits per heavy atom. The maximum Gasteiger partial charge on any atom is 0.321 e. The van der Waals surface area contributed by atoms with Crippen molar-refractivity contribution >= 4 is 29.0 Å². The monoisotopic (exact) mass is 358 g/mol. The molecule has 132 valence electrons. The fraction of sp³-hybridized carbons (Fsp3) is 0.368. The minimum Gasteiger partial charge on any atom is -0.369 e. The summed E-state index contributed by atoms with van der Waals surface area (Å²) >= 11 is 6.13. The lowest BCUT2D eigenvalue weighted by Crippen LogP contribution is -2.38. The van der Waals surface area contributed by atoms with Gasteiger partial charge >= 0.3 is 6.03 Å². The Kier molecular flexibility index (Phi) is 5.43. The molecule has 1 aromatic carbocycles. The SMILES string of the molecule is Cc1ccc(NC(=O)N2CCCN(c3ccncc3C)CC2)cc1Cl. The summed E-state index contributed by atoms with van der Waals surface area (Å²) in [5.41, 5.74) is 4.08. The molecule has 1 aliphatic heterocycles. The molecular weight excluding hydrogens is 336 g/mol. The van der Waals surface area contributed by atoms with Crippen LogP contribution in [-0.2, 0) is 0 Å². The molecule has 5 nitrogen and oxygen atoms in total. The maximum absolute atomic E-state index is 12.6. The number of hydrogen-bond acceptors (Lipinski definition) is 3. The van der Waals surface area contributed by atoms with Crippen LogP contribution in [0.15, 0.2) is 36.7 Å². The summed E-state index contributed by atoms with van der Waals surface area (Å²) in [5.74, 6) is 0. The van der Waals surface area contributed by atoms with Crippen LogP contribution in [0.1, 0.15) is 17.5 Å². The van der Waals surface area contributed by atoms with E-state index in [1.54, 1.807) is 6.07 Å². The second kappa shape index (κ2) is 7.74. The van der Waals surface area contributed by atoms with Crippen molar-refractivity contribution in [2.24, 2.45) is 0 Å². The summed E-state index contributed by atoms with van der Waals surface area (Å²) in [4.78, 5) is 20.9. The van der Waals surface area contributed by atoms with Crippen LogP contribution in [0.3, 0.4) is 0 Å². The fourth-order valence-electron chi connectivity index (χ4n) is 3.06. The van der Waals surface area contributed by atoms with Gasteiger partial charge in [0, 0.05) is 55.0 Å². The molecule has 1 N–H and O–H groups in total. The highest BCUT2D eigenvalue weighted by Gasteiger charge is 2.20. The van der Waals surface area contributed by atoms with E-state index < -0.39 is 0 Å². The number of aromatic nitrogens is 1. The molecule has 0 saturated carbocycles. The topological polar surface area (TPSA) is 48.5 Å². The van der Waals surface area contributed by atoms with Crippen molar-refractivity contribution in [3.8, 4) is 0 Å². The lowest BCUT2D eigenvalue weighted by Gasteiger charge is -2.25. The molecule has 2 heterocycles. The summed E-state index contributed by atoms with van der Waals surface area (Å²) in [6.45, 7) is 7.19. The zero-order chi connectivity index (χ0) is 17.8. The normalized spacial score (nSPS) is 15.0. The minimum atomic E-state index is -0.0757. The molecule has 0 atom stereocenters. The highest BCUT2D eigenvalue weighted by Crippen LogP contribution is 2.22. The molecule has 6 heteroatoms. The molecular formula is C19H23ClN4O. The Hall–Kier alpha value is -2.27. The standard InChI is InChI=1S/C19H23ClN4O/c1-14-4-5-16(12-17(14)20)22-19(25)24-9-3-8-23(10-11-24)18-6-7-21-13-15(18)2/h4-7,12-13H,3,8-11H2,1-2H3,(H,22,25). The van der Waals surface area contributed by atoms with E-state index in [4.69, 9.17) is 11.6 Å². The number of rotatable bonds is 2. The Bertz CT molecular complexity index is 765. The molecule has 1 fully saturated rings. The zero-order valence-electron chi connectivity index (χ0n) is 14.6. The Morgan fingerprint density at radius 1 is 1.12 bits per heavy atom. The van der Waals surface area contributed by atoms with Crippen molar-refractivity contribution < 1.29 is 4.79 Å². The van der Waals surface area contributed by atoms with Gasteiger partial charge in [0.25, 0.3) is 0 Å². The van der Waals surface area contributed by atoms with E-state index in [1.807, 2.05) is 42.4 Å². The third-order valence-corrected chi connectivity index (χ3v) is 4.94. The number of urea groups is 1. The molecule has 2 amide bonds. The van der Waals surface area contributed by atoms with E-state index in [0.717, 1.165) is 42.9 Å². The van der Waals surface area contributed by atoms with E-state index in [0.29, 0.717) is 11.6 Å². The van der Waals surface area contributed by atoms with Crippen molar-refractivity contribution in [3.63, 3.8) is 0 Å². The average molecular weight is 359 g/mol. The van der Waals surface area contributed by atoms with E-state index in [-0.39, 0.29) is 6.03 Å². The molecule has 0 unspecified atom stereocenters. The average Bonchev–Trinajstić information content (AvgIpc) is 2.85. The number of carbonyl (C=O) groups is 1. The zero-order valence-corrected chi connectivity index (χ0v) is 15.4. The largest absolute Gasteiger partial charge is 0.369 e. The summed E-state index contributed by atoms with van der Waals surface area (Å²) in [7, 11) is 0. The van der Waals surface area contributed by atoms with Gasteiger partial charge in [-0.3, -0.25) is 4.98 Å².